The number of anilines is 2. The van der Waals surface area contributed by atoms with Gasteiger partial charge in [0.05, 0.1) is 16.8 Å². The number of hydrogen-bond acceptors (Lipinski definition) is 5. The molecule has 2 aromatic carbocycles. The quantitative estimate of drug-likeness (QED) is 0.447. The molecule has 1 saturated heterocycles. The molecule has 1 aliphatic rings. The van der Waals surface area contributed by atoms with E-state index in [9.17, 15) is 22.4 Å². The molecule has 0 aliphatic carbocycles. The Bertz CT molecular complexity index is 1250. The zero-order valence-corrected chi connectivity index (χ0v) is 18.7. The lowest BCUT2D eigenvalue weighted by molar-refractivity contribution is -0.137. The lowest BCUT2D eigenvalue weighted by Crippen LogP contribution is -2.45. The Balaban J connectivity index is 1.47. The molecule has 0 saturated carbocycles. The molecule has 0 atom stereocenters. The number of carbonyl (C=O) groups excluding carboxylic acids is 1. The first-order valence-corrected chi connectivity index (χ1v) is 10.7. The molecule has 4 rings (SSSR count). The Hall–Kier alpha value is -3.53. The molecule has 0 unspecified atom stereocenters. The van der Waals surface area contributed by atoms with Crippen LogP contribution in [0.25, 0.3) is 17.0 Å². The summed E-state index contributed by atoms with van der Waals surface area (Å²) in [7, 11) is 2.08. The number of aromatic nitrogens is 2. The van der Waals surface area contributed by atoms with Crippen molar-refractivity contribution in [3.05, 3.63) is 65.1 Å². The van der Waals surface area contributed by atoms with Gasteiger partial charge in [0, 0.05) is 48.9 Å². The van der Waals surface area contributed by atoms with E-state index in [1.165, 1.54) is 0 Å². The normalized spacial score (nSPS) is 15.3. The monoisotopic (exact) mass is 473 g/mol. The molecule has 0 radical (unpaired) electrons. The fraction of sp³-hybridized carbons (Fsp3) is 0.292. The van der Waals surface area contributed by atoms with Crippen molar-refractivity contribution in [1.82, 2.24) is 14.9 Å². The molecule has 0 spiro atoms. The van der Waals surface area contributed by atoms with Crippen LogP contribution in [0.3, 0.4) is 0 Å². The van der Waals surface area contributed by atoms with Crippen molar-refractivity contribution in [2.24, 2.45) is 0 Å². The van der Waals surface area contributed by atoms with Gasteiger partial charge in [0.1, 0.15) is 5.82 Å². The van der Waals surface area contributed by atoms with E-state index >= 15 is 0 Å². The number of aryl methyl sites for hydroxylation is 1. The number of amides is 1. The third kappa shape index (κ3) is 5.33. The highest BCUT2D eigenvalue weighted by atomic mass is 19.4. The molecule has 1 amide bonds. The Morgan fingerprint density at radius 2 is 1.79 bits per heavy atom. The Labute approximate surface area is 193 Å². The molecule has 1 aromatic heterocycles. The van der Waals surface area contributed by atoms with E-state index in [2.05, 4.69) is 32.1 Å². The summed E-state index contributed by atoms with van der Waals surface area (Å²) in [5.74, 6) is -0.934. The van der Waals surface area contributed by atoms with E-state index in [4.69, 9.17) is 0 Å². The van der Waals surface area contributed by atoms with E-state index in [-0.39, 0.29) is 5.56 Å². The summed E-state index contributed by atoms with van der Waals surface area (Å²) in [6, 6.07) is 7.40. The number of fused-ring (bicyclic) bond motifs is 1. The van der Waals surface area contributed by atoms with E-state index in [1.807, 2.05) is 6.92 Å². The highest BCUT2D eigenvalue weighted by Crippen LogP contribution is 2.30. The number of alkyl halides is 3. The maximum Gasteiger partial charge on any atom is 0.416 e. The number of benzene rings is 2. The number of halogens is 4. The second-order valence-electron chi connectivity index (χ2n) is 8.19. The number of rotatable bonds is 4. The zero-order valence-electron chi connectivity index (χ0n) is 18.7. The van der Waals surface area contributed by atoms with Crippen LogP contribution in [0.5, 0.6) is 0 Å². The van der Waals surface area contributed by atoms with Crippen molar-refractivity contribution in [1.29, 1.82) is 0 Å². The Kier molecular flexibility index (Phi) is 6.52. The molecule has 178 valence electrons. The third-order valence-corrected chi connectivity index (χ3v) is 5.67. The first-order chi connectivity index (χ1) is 16.1. The number of likely N-dealkylation sites (N-methyl/N-ethyl adjacent to an activating group) is 1. The van der Waals surface area contributed by atoms with Crippen molar-refractivity contribution < 1.29 is 22.4 Å². The topological polar surface area (TPSA) is 61.4 Å². The summed E-state index contributed by atoms with van der Waals surface area (Å²) in [5.41, 5.74) is 0.812. The van der Waals surface area contributed by atoms with Crippen LogP contribution in [0.1, 0.15) is 16.8 Å². The second kappa shape index (κ2) is 9.38. The van der Waals surface area contributed by atoms with Gasteiger partial charge in [0.15, 0.2) is 0 Å². The largest absolute Gasteiger partial charge is 0.416 e. The molecule has 6 nitrogen and oxygen atoms in total. The molecule has 1 aliphatic heterocycles. The van der Waals surface area contributed by atoms with Crippen LogP contribution in [0.4, 0.5) is 29.2 Å². The van der Waals surface area contributed by atoms with Gasteiger partial charge in [0.2, 0.25) is 11.9 Å². The van der Waals surface area contributed by atoms with Gasteiger partial charge in [-0.05, 0) is 50.4 Å². The predicted molar refractivity (Wildman–Crippen MR) is 123 cm³/mol. The summed E-state index contributed by atoms with van der Waals surface area (Å²) in [6.07, 6.45) is -2.44. The summed E-state index contributed by atoms with van der Waals surface area (Å²) < 4.78 is 52.0. The molecule has 1 fully saturated rings. The number of piperazine rings is 1. The molecule has 34 heavy (non-hydrogen) atoms. The molecule has 1 N–H and O–H groups in total. The van der Waals surface area contributed by atoms with Crippen molar-refractivity contribution in [2.45, 2.75) is 13.1 Å². The van der Waals surface area contributed by atoms with Gasteiger partial charge < -0.3 is 15.1 Å². The lowest BCUT2D eigenvalue weighted by atomic mass is 10.1. The average molecular weight is 473 g/mol. The van der Waals surface area contributed by atoms with Gasteiger partial charge in [-0.25, -0.2) is 14.4 Å². The minimum Gasteiger partial charge on any atom is -0.338 e. The van der Waals surface area contributed by atoms with Crippen LogP contribution < -0.4 is 10.2 Å². The van der Waals surface area contributed by atoms with E-state index in [0.29, 0.717) is 17.7 Å². The van der Waals surface area contributed by atoms with Gasteiger partial charge in [0.25, 0.3) is 0 Å². The Morgan fingerprint density at radius 3 is 2.47 bits per heavy atom. The van der Waals surface area contributed by atoms with Gasteiger partial charge in [-0.15, -0.1) is 0 Å². The summed E-state index contributed by atoms with van der Waals surface area (Å²) >= 11 is 0. The molecular weight excluding hydrogens is 450 g/mol. The first kappa shape index (κ1) is 23.6. The van der Waals surface area contributed by atoms with Crippen LogP contribution in [-0.2, 0) is 11.0 Å². The van der Waals surface area contributed by atoms with Crippen LogP contribution in [0, 0.1) is 12.7 Å². The number of hydrogen-bond donors (Lipinski definition) is 1. The standard InChI is InChI=1S/C24H23F4N5O/c1-15-19-14-18(6-7-21(19)31-23(29-15)33-11-9-32(2)10-12-33)30-22(34)8-4-16-3-5-17(13-20(16)25)24(26,27)28/h3-8,13-14H,9-12H2,1-2H3,(H,30,34)/b8-4+. The van der Waals surface area contributed by atoms with Gasteiger partial charge in [-0.3, -0.25) is 4.79 Å². The van der Waals surface area contributed by atoms with E-state index in [1.54, 1.807) is 18.2 Å². The van der Waals surface area contributed by atoms with Crippen molar-refractivity contribution in [3.63, 3.8) is 0 Å². The maximum absolute atomic E-state index is 14.0. The minimum atomic E-state index is -4.64. The van der Waals surface area contributed by atoms with E-state index in [0.717, 1.165) is 67.1 Å². The first-order valence-electron chi connectivity index (χ1n) is 10.7. The fourth-order valence-electron chi connectivity index (χ4n) is 3.68. The van der Waals surface area contributed by atoms with Crippen LogP contribution in [0.2, 0.25) is 0 Å². The third-order valence-electron chi connectivity index (χ3n) is 5.67. The zero-order chi connectivity index (χ0) is 24.5. The summed E-state index contributed by atoms with van der Waals surface area (Å²) in [6.45, 7) is 5.45. The molecule has 3 aromatic rings. The van der Waals surface area contributed by atoms with Crippen molar-refractivity contribution >= 4 is 34.5 Å². The number of nitrogens with one attached hydrogen (secondary N) is 1. The lowest BCUT2D eigenvalue weighted by Gasteiger charge is -2.32. The molecule has 10 heteroatoms. The van der Waals surface area contributed by atoms with E-state index < -0.39 is 23.5 Å². The minimum absolute atomic E-state index is 0.123. The summed E-state index contributed by atoms with van der Waals surface area (Å²) in [5, 5.41) is 3.46. The van der Waals surface area contributed by atoms with Crippen LogP contribution in [0.15, 0.2) is 42.5 Å². The Morgan fingerprint density at radius 1 is 1.06 bits per heavy atom. The fourth-order valence-corrected chi connectivity index (χ4v) is 3.68. The average Bonchev–Trinajstić information content (AvgIpc) is 2.78. The molecule has 0 bridgehead atoms. The highest BCUT2D eigenvalue weighted by molar-refractivity contribution is 6.03. The predicted octanol–water partition coefficient (Wildman–Crippen LogP) is 4.50. The highest BCUT2D eigenvalue weighted by Gasteiger charge is 2.31. The van der Waals surface area contributed by atoms with Crippen molar-refractivity contribution in [2.75, 3.05) is 43.4 Å². The van der Waals surface area contributed by atoms with Crippen LogP contribution in [-0.4, -0.2) is 54.0 Å². The van der Waals surface area contributed by atoms with Crippen molar-refractivity contribution in [3.8, 4) is 0 Å². The van der Waals surface area contributed by atoms with Gasteiger partial charge in [-0.1, -0.05) is 6.07 Å². The number of nitrogens with zero attached hydrogens (tertiary/aromatic N) is 4. The summed E-state index contributed by atoms with van der Waals surface area (Å²) in [4.78, 5) is 26.0. The molecule has 2 heterocycles. The smallest absolute Gasteiger partial charge is 0.338 e. The van der Waals surface area contributed by atoms with Gasteiger partial charge >= 0.3 is 6.18 Å². The second-order valence-corrected chi connectivity index (χ2v) is 8.19. The maximum atomic E-state index is 14.0. The van der Waals surface area contributed by atoms with Gasteiger partial charge in [-0.2, -0.15) is 13.2 Å². The SMILES string of the molecule is Cc1nc(N2CCN(C)CC2)nc2ccc(NC(=O)/C=C/c3ccc(C(F)(F)F)cc3F)cc12. The number of carbonyl (C=O) groups is 1. The van der Waals surface area contributed by atoms with Crippen LogP contribution >= 0.6 is 0 Å². The molecular formula is C24H23F4N5O.